The van der Waals surface area contributed by atoms with Crippen LogP contribution in [0.4, 0.5) is 0 Å². The van der Waals surface area contributed by atoms with E-state index >= 15 is 0 Å². The molecule has 1 fully saturated rings. The van der Waals surface area contributed by atoms with Gasteiger partial charge in [-0.05, 0) is 38.7 Å². The van der Waals surface area contributed by atoms with Gasteiger partial charge in [0.2, 0.25) is 0 Å². The SMILES string of the molecule is CCC1(NCc2ccnc(C)n2)CCC1. The predicted octanol–water partition coefficient (Wildman–Crippen LogP) is 2.21. The van der Waals surface area contributed by atoms with Crippen LogP contribution in [0.15, 0.2) is 12.3 Å². The maximum Gasteiger partial charge on any atom is 0.125 e. The molecule has 1 saturated carbocycles. The minimum absolute atomic E-state index is 0.402. The lowest BCUT2D eigenvalue weighted by molar-refractivity contribution is 0.174. The van der Waals surface area contributed by atoms with E-state index in [0.717, 1.165) is 18.1 Å². The molecule has 0 radical (unpaired) electrons. The molecular weight excluding hydrogens is 186 g/mol. The Labute approximate surface area is 91.3 Å². The first kappa shape index (κ1) is 10.6. The summed E-state index contributed by atoms with van der Waals surface area (Å²) < 4.78 is 0. The summed E-state index contributed by atoms with van der Waals surface area (Å²) in [4.78, 5) is 8.49. The number of hydrogen-bond donors (Lipinski definition) is 1. The van der Waals surface area contributed by atoms with Crippen molar-refractivity contribution in [3.8, 4) is 0 Å². The summed E-state index contributed by atoms with van der Waals surface area (Å²) in [7, 11) is 0. The second kappa shape index (κ2) is 4.27. The van der Waals surface area contributed by atoms with E-state index in [-0.39, 0.29) is 0 Å². The molecule has 0 unspecified atom stereocenters. The second-order valence-corrected chi connectivity index (χ2v) is 4.44. The van der Waals surface area contributed by atoms with Gasteiger partial charge in [0, 0.05) is 18.3 Å². The second-order valence-electron chi connectivity index (χ2n) is 4.44. The van der Waals surface area contributed by atoms with Crippen molar-refractivity contribution in [3.05, 3.63) is 23.8 Å². The average Bonchev–Trinajstić information content (AvgIpc) is 2.17. The Morgan fingerprint density at radius 1 is 1.47 bits per heavy atom. The fraction of sp³-hybridized carbons (Fsp3) is 0.667. The van der Waals surface area contributed by atoms with Gasteiger partial charge in [-0.15, -0.1) is 0 Å². The van der Waals surface area contributed by atoms with E-state index in [2.05, 4.69) is 22.2 Å². The molecule has 0 aliphatic heterocycles. The van der Waals surface area contributed by atoms with Gasteiger partial charge in [0.25, 0.3) is 0 Å². The topological polar surface area (TPSA) is 37.8 Å². The number of nitrogens with zero attached hydrogens (tertiary/aromatic N) is 2. The van der Waals surface area contributed by atoms with Crippen molar-refractivity contribution >= 4 is 0 Å². The van der Waals surface area contributed by atoms with Gasteiger partial charge in [-0.3, -0.25) is 0 Å². The Hall–Kier alpha value is -0.960. The molecule has 0 bridgehead atoms. The highest BCUT2D eigenvalue weighted by molar-refractivity contribution is 5.04. The largest absolute Gasteiger partial charge is 0.306 e. The van der Waals surface area contributed by atoms with Crippen LogP contribution in [0.2, 0.25) is 0 Å². The summed E-state index contributed by atoms with van der Waals surface area (Å²) in [6.07, 6.45) is 7.04. The van der Waals surface area contributed by atoms with E-state index in [9.17, 15) is 0 Å². The quantitative estimate of drug-likeness (QED) is 0.819. The van der Waals surface area contributed by atoms with Crippen molar-refractivity contribution in [3.63, 3.8) is 0 Å². The van der Waals surface area contributed by atoms with Gasteiger partial charge in [0.1, 0.15) is 5.82 Å². The first-order valence-corrected chi connectivity index (χ1v) is 5.78. The van der Waals surface area contributed by atoms with E-state index in [1.807, 2.05) is 19.2 Å². The van der Waals surface area contributed by atoms with Crippen LogP contribution in [0.1, 0.15) is 44.1 Å². The zero-order chi connectivity index (χ0) is 10.7. The smallest absolute Gasteiger partial charge is 0.125 e. The summed E-state index contributed by atoms with van der Waals surface area (Å²) in [5.74, 6) is 0.855. The third kappa shape index (κ3) is 2.34. The van der Waals surface area contributed by atoms with Crippen molar-refractivity contribution in [1.82, 2.24) is 15.3 Å². The Balaban J connectivity index is 1.92. The molecule has 1 N–H and O–H groups in total. The van der Waals surface area contributed by atoms with Gasteiger partial charge < -0.3 is 5.32 Å². The summed E-state index contributed by atoms with van der Waals surface area (Å²) in [6, 6.07) is 1.99. The highest BCUT2D eigenvalue weighted by atomic mass is 15.0. The van der Waals surface area contributed by atoms with E-state index in [1.165, 1.54) is 25.7 Å². The molecule has 1 aromatic rings. The van der Waals surface area contributed by atoms with Crippen molar-refractivity contribution in [1.29, 1.82) is 0 Å². The Kier molecular flexibility index (Phi) is 3.00. The summed E-state index contributed by atoms with van der Waals surface area (Å²) >= 11 is 0. The zero-order valence-corrected chi connectivity index (χ0v) is 9.58. The van der Waals surface area contributed by atoms with Gasteiger partial charge in [-0.25, -0.2) is 9.97 Å². The van der Waals surface area contributed by atoms with E-state index in [1.54, 1.807) is 0 Å². The van der Waals surface area contributed by atoms with Crippen molar-refractivity contribution in [2.24, 2.45) is 0 Å². The lowest BCUT2D eigenvalue weighted by atomic mass is 9.75. The highest BCUT2D eigenvalue weighted by Gasteiger charge is 2.34. The third-order valence-corrected chi connectivity index (χ3v) is 3.47. The third-order valence-electron chi connectivity index (χ3n) is 3.47. The van der Waals surface area contributed by atoms with Crippen LogP contribution in [0.5, 0.6) is 0 Å². The van der Waals surface area contributed by atoms with Crippen LogP contribution in [-0.4, -0.2) is 15.5 Å². The number of aryl methyl sites for hydroxylation is 1. The van der Waals surface area contributed by atoms with E-state index in [4.69, 9.17) is 0 Å². The van der Waals surface area contributed by atoms with Gasteiger partial charge in [0.05, 0.1) is 5.69 Å². The van der Waals surface area contributed by atoms with Gasteiger partial charge in [-0.1, -0.05) is 6.92 Å². The first-order valence-electron chi connectivity index (χ1n) is 5.78. The molecule has 0 atom stereocenters. The van der Waals surface area contributed by atoms with Crippen LogP contribution in [-0.2, 0) is 6.54 Å². The molecular formula is C12H19N3. The van der Waals surface area contributed by atoms with Gasteiger partial charge in [0.15, 0.2) is 0 Å². The Morgan fingerprint density at radius 2 is 2.27 bits per heavy atom. The molecule has 0 aromatic carbocycles. The van der Waals surface area contributed by atoms with Gasteiger partial charge in [-0.2, -0.15) is 0 Å². The van der Waals surface area contributed by atoms with Crippen LogP contribution in [0, 0.1) is 6.92 Å². The summed E-state index contributed by atoms with van der Waals surface area (Å²) in [6.45, 7) is 5.07. The summed E-state index contributed by atoms with van der Waals surface area (Å²) in [5.41, 5.74) is 1.50. The Morgan fingerprint density at radius 3 is 2.80 bits per heavy atom. The molecule has 1 aromatic heterocycles. The molecule has 15 heavy (non-hydrogen) atoms. The number of nitrogens with one attached hydrogen (secondary N) is 1. The fourth-order valence-corrected chi connectivity index (χ4v) is 2.14. The molecule has 1 heterocycles. The average molecular weight is 205 g/mol. The summed E-state index contributed by atoms with van der Waals surface area (Å²) in [5, 5.41) is 3.64. The van der Waals surface area contributed by atoms with Gasteiger partial charge >= 0.3 is 0 Å². The van der Waals surface area contributed by atoms with Crippen molar-refractivity contribution in [2.75, 3.05) is 0 Å². The minimum Gasteiger partial charge on any atom is -0.306 e. The van der Waals surface area contributed by atoms with Crippen LogP contribution in [0.3, 0.4) is 0 Å². The normalized spacial score (nSPS) is 18.5. The standard InChI is InChI=1S/C12H19N3/c1-3-12(6-4-7-12)14-9-11-5-8-13-10(2)15-11/h5,8,14H,3-4,6-7,9H2,1-2H3. The van der Waals surface area contributed by atoms with Crippen LogP contribution in [0.25, 0.3) is 0 Å². The molecule has 2 rings (SSSR count). The molecule has 3 heteroatoms. The Bertz CT molecular complexity index is 326. The molecule has 1 aliphatic carbocycles. The molecule has 82 valence electrons. The minimum atomic E-state index is 0.402. The maximum atomic E-state index is 4.40. The first-order chi connectivity index (χ1) is 7.24. The van der Waals surface area contributed by atoms with Crippen molar-refractivity contribution in [2.45, 2.75) is 51.6 Å². The molecule has 1 aliphatic rings. The van der Waals surface area contributed by atoms with Crippen LogP contribution >= 0.6 is 0 Å². The number of rotatable bonds is 4. The number of aromatic nitrogens is 2. The van der Waals surface area contributed by atoms with E-state index in [0.29, 0.717) is 5.54 Å². The van der Waals surface area contributed by atoms with Crippen molar-refractivity contribution < 1.29 is 0 Å². The molecule has 0 spiro atoms. The lowest BCUT2D eigenvalue weighted by Crippen LogP contribution is -2.50. The highest BCUT2D eigenvalue weighted by Crippen LogP contribution is 2.34. The maximum absolute atomic E-state index is 4.40. The number of hydrogen-bond acceptors (Lipinski definition) is 3. The zero-order valence-electron chi connectivity index (χ0n) is 9.58. The lowest BCUT2D eigenvalue weighted by Gasteiger charge is -2.42. The predicted molar refractivity (Wildman–Crippen MR) is 60.5 cm³/mol. The molecule has 0 saturated heterocycles. The molecule has 3 nitrogen and oxygen atoms in total. The molecule has 0 amide bonds. The monoisotopic (exact) mass is 205 g/mol. The van der Waals surface area contributed by atoms with E-state index < -0.39 is 0 Å². The fourth-order valence-electron chi connectivity index (χ4n) is 2.14. The van der Waals surface area contributed by atoms with Crippen LogP contribution < -0.4 is 5.32 Å².